The molecule has 1 amide bonds. The zero-order valence-electron chi connectivity index (χ0n) is 21.2. The van der Waals surface area contributed by atoms with Crippen LogP contribution in [0, 0.1) is 16.2 Å². The Morgan fingerprint density at radius 1 is 1.15 bits per heavy atom. The number of nitrogens with one attached hydrogen (secondary N) is 1. The van der Waals surface area contributed by atoms with Gasteiger partial charge in [0.1, 0.15) is 10.7 Å². The van der Waals surface area contributed by atoms with Crippen LogP contribution < -0.4 is 0 Å². The smallest absolute Gasteiger partial charge is 0.259 e. The van der Waals surface area contributed by atoms with Gasteiger partial charge in [-0.1, -0.05) is 32.4 Å². The summed E-state index contributed by atoms with van der Waals surface area (Å²) in [4.78, 5) is 19.7. The van der Waals surface area contributed by atoms with Gasteiger partial charge in [-0.05, 0) is 62.6 Å². The molecule has 0 atom stereocenters. The second-order valence-corrected chi connectivity index (χ2v) is 11.6. The minimum absolute atomic E-state index is 0.124. The molecule has 0 bridgehead atoms. The maximum Gasteiger partial charge on any atom is 0.259 e. The predicted octanol–water partition coefficient (Wildman–Crippen LogP) is 3.94. The SMILES string of the molecule is CN(C)/C(Cl)=C(\C(=N)c1cnn(C)c1)C(=O)N1CCC2(CCN(CCC(C)(C)C)CC2)CC1. The molecular weight excluding hydrogens is 436 g/mol. The van der Waals surface area contributed by atoms with Crippen molar-refractivity contribution in [2.24, 2.45) is 17.9 Å². The van der Waals surface area contributed by atoms with Crippen LogP contribution in [0.5, 0.6) is 0 Å². The van der Waals surface area contributed by atoms with Crippen molar-refractivity contribution in [3.05, 3.63) is 28.7 Å². The number of rotatable bonds is 6. The van der Waals surface area contributed by atoms with Gasteiger partial charge in [0.05, 0.1) is 11.9 Å². The minimum atomic E-state index is -0.153. The number of amides is 1. The largest absolute Gasteiger partial charge is 0.368 e. The van der Waals surface area contributed by atoms with Crippen molar-refractivity contribution >= 4 is 23.2 Å². The van der Waals surface area contributed by atoms with Crippen molar-refractivity contribution in [3.63, 3.8) is 0 Å². The average Bonchev–Trinajstić information content (AvgIpc) is 3.19. The zero-order valence-corrected chi connectivity index (χ0v) is 22.0. The summed E-state index contributed by atoms with van der Waals surface area (Å²) in [6.45, 7) is 11.9. The highest BCUT2D eigenvalue weighted by atomic mass is 35.5. The van der Waals surface area contributed by atoms with Crippen LogP contribution in [0.15, 0.2) is 23.1 Å². The first-order chi connectivity index (χ1) is 15.4. The molecular formula is C25H41ClN6O. The van der Waals surface area contributed by atoms with Gasteiger partial charge < -0.3 is 14.7 Å². The number of carbonyl (C=O) groups is 1. The Morgan fingerprint density at radius 2 is 1.73 bits per heavy atom. The number of likely N-dealkylation sites (tertiary alicyclic amines) is 2. The van der Waals surface area contributed by atoms with Crippen molar-refractivity contribution in [1.82, 2.24) is 24.5 Å². The number of aromatic nitrogens is 2. The van der Waals surface area contributed by atoms with E-state index >= 15 is 0 Å². The van der Waals surface area contributed by atoms with E-state index in [9.17, 15) is 4.79 Å². The Kier molecular flexibility index (Phi) is 7.95. The maximum absolute atomic E-state index is 13.5. The summed E-state index contributed by atoms with van der Waals surface area (Å²) in [6.07, 6.45) is 9.06. The molecule has 7 nitrogen and oxygen atoms in total. The van der Waals surface area contributed by atoms with E-state index in [-0.39, 0.29) is 17.2 Å². The van der Waals surface area contributed by atoms with Crippen molar-refractivity contribution in [2.75, 3.05) is 46.8 Å². The average molecular weight is 477 g/mol. The van der Waals surface area contributed by atoms with E-state index in [4.69, 9.17) is 17.0 Å². The topological polar surface area (TPSA) is 68.5 Å². The molecule has 0 unspecified atom stereocenters. The first kappa shape index (κ1) is 25.8. The molecule has 0 saturated carbocycles. The number of halogens is 1. The first-order valence-electron chi connectivity index (χ1n) is 12.1. The van der Waals surface area contributed by atoms with Crippen molar-refractivity contribution < 1.29 is 4.79 Å². The van der Waals surface area contributed by atoms with E-state index in [0.29, 0.717) is 21.5 Å². The van der Waals surface area contributed by atoms with E-state index in [1.54, 1.807) is 43.1 Å². The van der Waals surface area contributed by atoms with Gasteiger partial charge in [0.2, 0.25) is 0 Å². The van der Waals surface area contributed by atoms with Gasteiger partial charge in [0.25, 0.3) is 5.91 Å². The van der Waals surface area contributed by atoms with E-state index in [1.807, 2.05) is 4.90 Å². The Hall–Kier alpha value is -1.86. The lowest BCUT2D eigenvalue weighted by molar-refractivity contribution is -0.129. The van der Waals surface area contributed by atoms with Crippen LogP contribution >= 0.6 is 11.6 Å². The van der Waals surface area contributed by atoms with Crippen LogP contribution in [0.3, 0.4) is 0 Å². The first-order valence-corrected chi connectivity index (χ1v) is 12.5. The molecule has 0 aromatic carbocycles. The van der Waals surface area contributed by atoms with Gasteiger partial charge in [-0.2, -0.15) is 5.10 Å². The lowest BCUT2D eigenvalue weighted by atomic mass is 9.71. The quantitative estimate of drug-likeness (QED) is 0.383. The Bertz CT molecular complexity index is 879. The monoisotopic (exact) mass is 476 g/mol. The molecule has 2 aliphatic rings. The van der Waals surface area contributed by atoms with Gasteiger partial charge in [0, 0.05) is 46.0 Å². The molecule has 8 heteroatoms. The van der Waals surface area contributed by atoms with E-state index in [2.05, 4.69) is 30.8 Å². The third-order valence-electron chi connectivity index (χ3n) is 7.26. The summed E-state index contributed by atoms with van der Waals surface area (Å²) >= 11 is 6.55. The molecule has 2 saturated heterocycles. The Labute approximate surface area is 204 Å². The van der Waals surface area contributed by atoms with Gasteiger partial charge >= 0.3 is 0 Å². The second kappa shape index (κ2) is 10.2. The maximum atomic E-state index is 13.5. The van der Waals surface area contributed by atoms with Crippen LogP contribution in [0.25, 0.3) is 0 Å². The molecule has 1 N–H and O–H groups in total. The number of hydrogen-bond donors (Lipinski definition) is 1. The number of hydrogen-bond acceptors (Lipinski definition) is 5. The Balaban J connectivity index is 1.64. The molecule has 33 heavy (non-hydrogen) atoms. The summed E-state index contributed by atoms with van der Waals surface area (Å²) in [5.41, 5.74) is 1.70. The van der Waals surface area contributed by atoms with Crippen LogP contribution in [0.4, 0.5) is 0 Å². The molecule has 0 aliphatic carbocycles. The molecule has 1 aromatic heterocycles. The van der Waals surface area contributed by atoms with Crippen molar-refractivity contribution in [2.45, 2.75) is 52.9 Å². The highest BCUT2D eigenvalue weighted by molar-refractivity contribution is 6.38. The molecule has 3 rings (SSSR count). The fourth-order valence-electron chi connectivity index (χ4n) is 4.80. The summed E-state index contributed by atoms with van der Waals surface area (Å²) in [6, 6.07) is 0. The van der Waals surface area contributed by atoms with E-state index < -0.39 is 0 Å². The van der Waals surface area contributed by atoms with Crippen LogP contribution in [-0.2, 0) is 11.8 Å². The highest BCUT2D eigenvalue weighted by Crippen LogP contribution is 2.42. The van der Waals surface area contributed by atoms with Crippen molar-refractivity contribution in [3.8, 4) is 0 Å². The molecule has 0 radical (unpaired) electrons. The van der Waals surface area contributed by atoms with Gasteiger partial charge in [0.15, 0.2) is 0 Å². The molecule has 3 heterocycles. The fourth-order valence-corrected chi connectivity index (χ4v) is 4.98. The zero-order chi connectivity index (χ0) is 24.4. The fraction of sp³-hybridized carbons (Fsp3) is 0.720. The predicted molar refractivity (Wildman–Crippen MR) is 135 cm³/mol. The van der Waals surface area contributed by atoms with E-state index in [0.717, 1.165) is 39.0 Å². The second-order valence-electron chi connectivity index (χ2n) is 11.3. The van der Waals surface area contributed by atoms with E-state index in [1.165, 1.54) is 25.8 Å². The molecule has 184 valence electrons. The summed E-state index contributed by atoms with van der Waals surface area (Å²) < 4.78 is 1.63. The lowest BCUT2D eigenvalue weighted by Crippen LogP contribution is -2.49. The molecule has 1 spiro atoms. The normalized spacial score (nSPS) is 20.0. The lowest BCUT2D eigenvalue weighted by Gasteiger charge is -2.47. The summed E-state index contributed by atoms with van der Waals surface area (Å²) in [7, 11) is 5.39. The number of piperidine rings is 2. The summed E-state index contributed by atoms with van der Waals surface area (Å²) in [5.74, 6) is -0.153. The minimum Gasteiger partial charge on any atom is -0.368 e. The van der Waals surface area contributed by atoms with Crippen LogP contribution in [0.1, 0.15) is 58.4 Å². The van der Waals surface area contributed by atoms with Crippen LogP contribution in [-0.4, -0.2) is 82.9 Å². The molecule has 1 aromatic rings. The third-order valence-corrected chi connectivity index (χ3v) is 7.79. The van der Waals surface area contributed by atoms with Gasteiger partial charge in [-0.3, -0.25) is 14.9 Å². The third kappa shape index (κ3) is 6.38. The van der Waals surface area contributed by atoms with Crippen LogP contribution in [0.2, 0.25) is 0 Å². The standard InChI is InChI=1S/C25H41ClN6O/c1-24(2,3)7-12-31-13-8-25(9-14-31)10-15-32(16-11-25)23(33)20(22(26)29(4)5)21(27)19-17-28-30(6)18-19/h17-18,27H,7-16H2,1-6H3/b22-20+,27-21?. The molecule has 2 fully saturated rings. The van der Waals surface area contributed by atoms with Gasteiger partial charge in [-0.15, -0.1) is 0 Å². The highest BCUT2D eigenvalue weighted by Gasteiger charge is 2.39. The number of carbonyl (C=O) groups excluding carboxylic acids is 1. The number of nitrogens with zero attached hydrogens (tertiary/aromatic N) is 5. The summed E-state index contributed by atoms with van der Waals surface area (Å²) in [5, 5.41) is 13.1. The number of aryl methyl sites for hydroxylation is 1. The Morgan fingerprint density at radius 3 is 2.21 bits per heavy atom. The van der Waals surface area contributed by atoms with Crippen molar-refractivity contribution in [1.29, 1.82) is 5.41 Å². The van der Waals surface area contributed by atoms with Gasteiger partial charge in [-0.25, -0.2) is 0 Å². The molecule has 2 aliphatic heterocycles.